The van der Waals surface area contributed by atoms with Gasteiger partial charge in [-0.1, -0.05) is 49.9 Å². The SMILES string of the molecule is C.O=C(O)C(C(=O)O)c1ccc2nc(-c3ccccc3)ccc2c1. The van der Waals surface area contributed by atoms with E-state index in [1.807, 2.05) is 42.5 Å². The fourth-order valence-electron chi connectivity index (χ4n) is 2.48. The van der Waals surface area contributed by atoms with Crippen LogP contribution in [0.25, 0.3) is 22.2 Å². The molecule has 3 rings (SSSR count). The van der Waals surface area contributed by atoms with Crippen LogP contribution in [0.2, 0.25) is 0 Å². The summed E-state index contributed by atoms with van der Waals surface area (Å²) >= 11 is 0. The topological polar surface area (TPSA) is 87.5 Å². The summed E-state index contributed by atoms with van der Waals surface area (Å²) in [4.78, 5) is 26.8. The van der Waals surface area contributed by atoms with E-state index in [4.69, 9.17) is 10.2 Å². The fourth-order valence-corrected chi connectivity index (χ4v) is 2.48. The Kier molecular flexibility index (Phi) is 4.94. The summed E-state index contributed by atoms with van der Waals surface area (Å²) in [5.41, 5.74) is 2.70. The summed E-state index contributed by atoms with van der Waals surface area (Å²) in [5.74, 6) is -4.34. The minimum Gasteiger partial charge on any atom is -0.480 e. The van der Waals surface area contributed by atoms with Crippen molar-refractivity contribution in [2.75, 3.05) is 0 Å². The molecule has 0 atom stereocenters. The van der Waals surface area contributed by atoms with Crippen LogP contribution in [0.1, 0.15) is 18.9 Å². The van der Waals surface area contributed by atoms with Crippen LogP contribution in [0, 0.1) is 0 Å². The predicted octanol–water partition coefficient (Wildman–Crippen LogP) is 3.79. The third-order valence-corrected chi connectivity index (χ3v) is 3.61. The molecule has 0 saturated carbocycles. The molecular formula is C19H17NO4. The average molecular weight is 323 g/mol. The first-order valence-corrected chi connectivity index (χ1v) is 6.98. The fraction of sp³-hybridized carbons (Fsp3) is 0.105. The molecule has 2 N–H and O–H groups in total. The number of aliphatic carboxylic acids is 2. The van der Waals surface area contributed by atoms with Gasteiger partial charge in [-0.15, -0.1) is 0 Å². The van der Waals surface area contributed by atoms with E-state index >= 15 is 0 Å². The second kappa shape index (κ2) is 6.91. The number of carboxylic acid groups (broad SMARTS) is 2. The standard InChI is InChI=1S/C18H13NO4.CH4/c20-17(21)16(18(22)23)13-7-9-15-12(10-13)6-8-14(19-15)11-4-2-1-3-5-11;/h1-10,16H,(H,20,21)(H,22,23);1H4. The maximum Gasteiger partial charge on any atom is 0.322 e. The number of nitrogens with zero attached hydrogens (tertiary/aromatic N) is 1. The highest BCUT2D eigenvalue weighted by molar-refractivity contribution is 6.00. The smallest absolute Gasteiger partial charge is 0.322 e. The minimum atomic E-state index is -1.58. The van der Waals surface area contributed by atoms with Crippen LogP contribution in [0.5, 0.6) is 0 Å². The van der Waals surface area contributed by atoms with Crippen LogP contribution in [-0.2, 0) is 9.59 Å². The number of carbonyl (C=O) groups is 2. The molecule has 0 bridgehead atoms. The first-order chi connectivity index (χ1) is 11.1. The Morgan fingerprint density at radius 3 is 2.17 bits per heavy atom. The molecule has 2 aromatic carbocycles. The Morgan fingerprint density at radius 1 is 0.875 bits per heavy atom. The molecule has 0 amide bonds. The number of benzene rings is 2. The van der Waals surface area contributed by atoms with Gasteiger partial charge in [-0.05, 0) is 23.8 Å². The Bertz CT molecular complexity index is 876. The molecular weight excluding hydrogens is 306 g/mol. The van der Waals surface area contributed by atoms with E-state index in [9.17, 15) is 9.59 Å². The molecule has 0 saturated heterocycles. The number of fused-ring (bicyclic) bond motifs is 1. The zero-order valence-corrected chi connectivity index (χ0v) is 12.0. The van der Waals surface area contributed by atoms with Gasteiger partial charge in [-0.2, -0.15) is 0 Å². The van der Waals surface area contributed by atoms with E-state index in [0.29, 0.717) is 10.9 Å². The van der Waals surface area contributed by atoms with E-state index < -0.39 is 17.9 Å². The molecule has 0 spiro atoms. The van der Waals surface area contributed by atoms with Gasteiger partial charge in [0.15, 0.2) is 5.92 Å². The summed E-state index contributed by atoms with van der Waals surface area (Å²) in [6.07, 6.45) is 0. The first kappa shape index (κ1) is 17.1. The molecule has 0 aliphatic rings. The molecule has 122 valence electrons. The van der Waals surface area contributed by atoms with Gasteiger partial charge in [0.2, 0.25) is 0 Å². The second-order valence-corrected chi connectivity index (χ2v) is 5.12. The van der Waals surface area contributed by atoms with Crippen molar-refractivity contribution in [3.8, 4) is 11.3 Å². The molecule has 0 fully saturated rings. The van der Waals surface area contributed by atoms with E-state index in [-0.39, 0.29) is 13.0 Å². The van der Waals surface area contributed by atoms with Crippen LogP contribution >= 0.6 is 0 Å². The summed E-state index contributed by atoms with van der Waals surface area (Å²) in [6, 6.07) is 18.0. The lowest BCUT2D eigenvalue weighted by atomic mass is 9.97. The lowest BCUT2D eigenvalue weighted by molar-refractivity contribution is -0.150. The molecule has 0 unspecified atom stereocenters. The van der Waals surface area contributed by atoms with Crippen molar-refractivity contribution in [2.45, 2.75) is 13.3 Å². The maximum atomic E-state index is 11.1. The number of hydrogen-bond acceptors (Lipinski definition) is 3. The van der Waals surface area contributed by atoms with Gasteiger partial charge in [0.1, 0.15) is 0 Å². The molecule has 3 aromatic rings. The average Bonchev–Trinajstić information content (AvgIpc) is 2.54. The largest absolute Gasteiger partial charge is 0.480 e. The van der Waals surface area contributed by atoms with Crippen LogP contribution in [0.3, 0.4) is 0 Å². The molecule has 24 heavy (non-hydrogen) atoms. The first-order valence-electron chi connectivity index (χ1n) is 6.98. The number of aromatic nitrogens is 1. The van der Waals surface area contributed by atoms with Crippen LogP contribution < -0.4 is 0 Å². The lowest BCUT2D eigenvalue weighted by Crippen LogP contribution is -2.20. The van der Waals surface area contributed by atoms with E-state index in [2.05, 4.69) is 4.98 Å². The normalized spacial score (nSPS) is 10.4. The summed E-state index contributed by atoms with van der Waals surface area (Å²) in [5, 5.41) is 18.8. The Morgan fingerprint density at radius 2 is 1.54 bits per heavy atom. The summed E-state index contributed by atoms with van der Waals surface area (Å²) in [7, 11) is 0. The van der Waals surface area contributed by atoms with Gasteiger partial charge in [-0.3, -0.25) is 9.59 Å². The summed E-state index contributed by atoms with van der Waals surface area (Å²) < 4.78 is 0. The number of rotatable bonds is 4. The Balaban J connectivity index is 0.00000208. The van der Waals surface area contributed by atoms with Crippen LogP contribution in [0.15, 0.2) is 60.7 Å². The molecule has 1 aromatic heterocycles. The van der Waals surface area contributed by atoms with Gasteiger partial charge >= 0.3 is 11.9 Å². The van der Waals surface area contributed by atoms with Crippen molar-refractivity contribution >= 4 is 22.8 Å². The van der Waals surface area contributed by atoms with E-state index in [0.717, 1.165) is 11.3 Å². The monoisotopic (exact) mass is 323 g/mol. The van der Waals surface area contributed by atoms with E-state index in [1.165, 1.54) is 6.07 Å². The van der Waals surface area contributed by atoms with Gasteiger partial charge in [0.25, 0.3) is 0 Å². The summed E-state index contributed by atoms with van der Waals surface area (Å²) in [6.45, 7) is 0. The van der Waals surface area contributed by atoms with Crippen molar-refractivity contribution in [1.82, 2.24) is 4.98 Å². The minimum absolute atomic E-state index is 0. The Labute approximate surface area is 139 Å². The van der Waals surface area contributed by atoms with Crippen LogP contribution in [0.4, 0.5) is 0 Å². The van der Waals surface area contributed by atoms with Crippen molar-refractivity contribution in [2.24, 2.45) is 0 Å². The van der Waals surface area contributed by atoms with Gasteiger partial charge < -0.3 is 10.2 Å². The molecule has 0 aliphatic carbocycles. The lowest BCUT2D eigenvalue weighted by Gasteiger charge is -2.09. The third kappa shape index (κ3) is 3.25. The van der Waals surface area contributed by atoms with Crippen LogP contribution in [-0.4, -0.2) is 27.1 Å². The van der Waals surface area contributed by atoms with Gasteiger partial charge in [-0.25, -0.2) is 4.98 Å². The maximum absolute atomic E-state index is 11.1. The third-order valence-electron chi connectivity index (χ3n) is 3.61. The number of carboxylic acids is 2. The highest BCUT2D eigenvalue weighted by atomic mass is 16.4. The van der Waals surface area contributed by atoms with Crippen molar-refractivity contribution < 1.29 is 19.8 Å². The van der Waals surface area contributed by atoms with Crippen molar-refractivity contribution in [1.29, 1.82) is 0 Å². The van der Waals surface area contributed by atoms with Gasteiger partial charge in [0.05, 0.1) is 11.2 Å². The molecule has 1 heterocycles. The Hall–Kier alpha value is -3.21. The quantitative estimate of drug-likeness (QED) is 0.713. The van der Waals surface area contributed by atoms with Gasteiger partial charge in [0, 0.05) is 10.9 Å². The molecule has 0 radical (unpaired) electrons. The highest BCUT2D eigenvalue weighted by Crippen LogP contribution is 2.25. The predicted molar refractivity (Wildman–Crippen MR) is 91.9 cm³/mol. The zero-order valence-electron chi connectivity index (χ0n) is 12.0. The molecule has 5 nitrogen and oxygen atoms in total. The number of hydrogen-bond donors (Lipinski definition) is 2. The molecule has 0 aliphatic heterocycles. The molecule has 5 heteroatoms. The van der Waals surface area contributed by atoms with Crippen molar-refractivity contribution in [3.05, 3.63) is 66.2 Å². The number of pyridine rings is 1. The van der Waals surface area contributed by atoms with Crippen molar-refractivity contribution in [3.63, 3.8) is 0 Å². The highest BCUT2D eigenvalue weighted by Gasteiger charge is 2.27. The van der Waals surface area contributed by atoms with E-state index in [1.54, 1.807) is 12.1 Å². The zero-order chi connectivity index (χ0) is 16.4. The second-order valence-electron chi connectivity index (χ2n) is 5.12.